The van der Waals surface area contributed by atoms with Crippen molar-refractivity contribution in [1.82, 2.24) is 44.1 Å². The van der Waals surface area contributed by atoms with E-state index >= 15 is 0 Å². The van der Waals surface area contributed by atoms with E-state index in [-0.39, 0.29) is 152 Å². The van der Waals surface area contributed by atoms with Crippen molar-refractivity contribution in [3.63, 3.8) is 0 Å². The molecule has 24 nitrogen and oxygen atoms in total. The molecule has 0 aromatic carbocycles. The molecule has 6 heterocycles. The lowest BCUT2D eigenvalue weighted by Gasteiger charge is -2.36. The number of likely N-dealkylation sites (N-methyl/N-ethyl adjacent to an activating group) is 4. The van der Waals surface area contributed by atoms with Crippen LogP contribution in [0.25, 0.3) is 0 Å². The van der Waals surface area contributed by atoms with Gasteiger partial charge in [-0.2, -0.15) is 5.26 Å². The van der Waals surface area contributed by atoms with E-state index in [2.05, 4.69) is 75.0 Å². The van der Waals surface area contributed by atoms with Crippen molar-refractivity contribution in [2.75, 3.05) is 174 Å². The van der Waals surface area contributed by atoms with Crippen LogP contribution in [0.1, 0.15) is 273 Å². The van der Waals surface area contributed by atoms with Crippen molar-refractivity contribution < 1.29 is 71.8 Å². The number of nitriles is 1. The smallest absolute Gasteiger partial charge is 0.193 e. The van der Waals surface area contributed by atoms with Crippen molar-refractivity contribution in [2.24, 2.45) is 88.8 Å². The Balaban J connectivity index is -0.000000292. The summed E-state index contributed by atoms with van der Waals surface area (Å²) >= 11 is 0. The Bertz CT molecular complexity index is 4050. The molecule has 0 radical (unpaired) electrons. The third-order valence-electron chi connectivity index (χ3n) is 23.1. The predicted molar refractivity (Wildman–Crippen MR) is 620 cm³/mol. The molecule has 0 amide bonds. The van der Waals surface area contributed by atoms with Gasteiger partial charge >= 0.3 is 0 Å². The van der Waals surface area contributed by atoms with Crippen LogP contribution in [0.5, 0.6) is 0 Å². The molecule has 0 aromatic rings. The summed E-state index contributed by atoms with van der Waals surface area (Å²) in [6.45, 7) is 83.1. The number of hydrogen-bond acceptors (Lipinski definition) is 24. The summed E-state index contributed by atoms with van der Waals surface area (Å²) in [5.74, 6) is 3.46. The first-order valence-electron chi connectivity index (χ1n) is 54.5. The molecule has 25 heteroatoms. The van der Waals surface area contributed by atoms with Gasteiger partial charge in [-0.05, 0) is 234 Å². The number of nitrogens with zero attached hydrogens (tertiary/aromatic N) is 10. The zero-order chi connectivity index (χ0) is 116. The molecule has 1 unspecified atom stereocenters. The monoisotopic (exact) mass is 2070 g/mol. The van der Waals surface area contributed by atoms with Gasteiger partial charge in [0.1, 0.15) is 6.07 Å². The molecule has 846 valence electrons. The van der Waals surface area contributed by atoms with Gasteiger partial charge in [-0.25, -0.2) is 4.39 Å². The number of carbonyl (C=O) groups excluding carboxylic acids is 13. The van der Waals surface area contributed by atoms with Crippen LogP contribution in [0.4, 0.5) is 4.39 Å². The first-order chi connectivity index (χ1) is 68.8. The summed E-state index contributed by atoms with van der Waals surface area (Å²) in [5, 5.41) is 17.6. The molecule has 0 spiro atoms. The van der Waals surface area contributed by atoms with Crippen molar-refractivity contribution >= 4 is 75.2 Å². The molecular weight excluding hydrogens is 1860 g/mol. The molecule has 0 aliphatic carbocycles. The Morgan fingerprint density at radius 2 is 0.662 bits per heavy atom. The van der Waals surface area contributed by atoms with Crippen LogP contribution < -0.4 is 0 Å². The van der Waals surface area contributed by atoms with Crippen molar-refractivity contribution in [2.45, 2.75) is 285 Å². The minimum Gasteiger partial charge on any atom is -0.386 e. The number of Topliss-reactive ketones (excluding diaryl/α,β-unsaturated/α-hetero) is 2. The third kappa shape index (κ3) is 92.3. The molecule has 6 aliphatic rings. The molecule has 0 saturated carbocycles. The third-order valence-corrected chi connectivity index (χ3v) is 23.1. The van der Waals surface area contributed by atoms with Crippen LogP contribution in [0.3, 0.4) is 0 Å². The molecule has 6 saturated heterocycles. The van der Waals surface area contributed by atoms with Gasteiger partial charge < -0.3 is 24.7 Å². The van der Waals surface area contributed by atoms with E-state index in [4.69, 9.17) is 5.26 Å². The standard InChI is InChI=1S/C12H22N2O.2C12H21NO.2C11H19NO.C10H17NO.2C9H17NO.C9H16O2.C8H11NO.C7H11FO.C7H12O.C6H10O/c1-11(2)12(15)5-4-6-14-9-7-13(3)8-10-14;2*1-11(2)12(14)7-6-10-13-8-4-3-5-9-13;1-9(2)11(13)7-6-10-5-4-8-12(10)3;1-9(2)11(13)5-4-6-12-7-10(3)8-12;1-8(2)10(12)5-4-9-6-11(3)7-9;2*1-8(2)9(11)6-5-7-10(3)4;1-7(2)8(10)5-6-9(3,4)11;1-4-7(5-9)8(10)6(2)3;1-4-6(8)7(9)5(2)3;1-4-5-7(8)6(2)3;1-4-6(7)5(2)3/h4-5,11H,6-10H2,1-3H3;2*6-7,11H,3-5,8-10H2,1-2H3;6-7,9-10H,4-5,8H2,1-3H3;4-5,9-10H,6-8H2,1-3H3;4-5,8-9H,6-7H2,1-3H3;2*5-6,8H,7H2,1-4H3;5-7,11H,1-4H3;4,6H,1-3H3;4-5H,1-3H3;4-6H,1-3H3;4-5H,1H2,2-3H3/b5-4+;3*7-6+;2*5-4+;6-5+;6-5-;6-5+;7-4+;6-4-;5-4+;. The van der Waals surface area contributed by atoms with E-state index in [9.17, 15) is 71.8 Å². The maximum atomic E-state index is 12.3. The normalized spacial score (nSPS) is 16.5. The number of halogens is 1. The second kappa shape index (κ2) is 92.1. The Morgan fingerprint density at radius 3 is 0.892 bits per heavy atom. The maximum Gasteiger partial charge on any atom is 0.193 e. The number of hydrogen-bond donors (Lipinski definition) is 1. The largest absolute Gasteiger partial charge is 0.386 e. The number of likely N-dealkylation sites (tertiary alicyclic amines) is 5. The van der Waals surface area contributed by atoms with Gasteiger partial charge in [0.2, 0.25) is 0 Å². The van der Waals surface area contributed by atoms with Crippen molar-refractivity contribution in [1.29, 1.82) is 5.26 Å². The highest BCUT2D eigenvalue weighted by atomic mass is 19.1. The highest BCUT2D eigenvalue weighted by Gasteiger charge is 2.24. The molecule has 1 N–H and O–H groups in total. The Kier molecular flexibility index (Phi) is 94.7. The van der Waals surface area contributed by atoms with E-state index in [1.54, 1.807) is 115 Å². The van der Waals surface area contributed by atoms with Gasteiger partial charge in [-0.3, -0.25) is 86.8 Å². The van der Waals surface area contributed by atoms with Gasteiger partial charge in [0.25, 0.3) is 0 Å². The predicted octanol–water partition coefficient (Wildman–Crippen LogP) is 21.6. The van der Waals surface area contributed by atoms with Gasteiger partial charge in [0, 0.05) is 181 Å². The Morgan fingerprint density at radius 1 is 0.365 bits per heavy atom. The average molecular weight is 2080 g/mol. The maximum absolute atomic E-state index is 12.3. The fraction of sp³-hybridized carbons (Fsp3) is 0.675. The van der Waals surface area contributed by atoms with Crippen molar-refractivity contribution in [3.8, 4) is 6.07 Å². The highest BCUT2D eigenvalue weighted by Crippen LogP contribution is 2.19. The molecule has 6 rings (SSSR count). The molecule has 148 heavy (non-hydrogen) atoms. The quantitative estimate of drug-likeness (QED) is 0.0439. The number of carbonyl (C=O) groups is 13. The Hall–Kier alpha value is -8.65. The summed E-state index contributed by atoms with van der Waals surface area (Å²) in [6, 6.07) is 2.33. The average Bonchev–Trinajstić information content (AvgIpc) is 0.966. The summed E-state index contributed by atoms with van der Waals surface area (Å²) < 4.78 is 12.3. The van der Waals surface area contributed by atoms with Crippen molar-refractivity contribution in [3.05, 3.63) is 158 Å². The number of piperidine rings is 2. The first kappa shape index (κ1) is 152. The second-order valence-electron chi connectivity index (χ2n) is 43.8. The zero-order valence-electron chi connectivity index (χ0n) is 100. The van der Waals surface area contributed by atoms with E-state index in [0.29, 0.717) is 12.0 Å². The van der Waals surface area contributed by atoms with Crippen LogP contribution in [0, 0.1) is 100 Å². The lowest BCUT2D eigenvalue weighted by molar-refractivity contribution is -0.120. The Labute approximate surface area is 902 Å². The number of ketones is 13. The van der Waals surface area contributed by atoms with E-state index in [1.165, 1.54) is 122 Å². The highest BCUT2D eigenvalue weighted by molar-refractivity contribution is 6.00. The van der Waals surface area contributed by atoms with Crippen LogP contribution in [-0.2, 0) is 62.3 Å². The van der Waals surface area contributed by atoms with E-state index < -0.39 is 17.2 Å². The molecule has 1 atom stereocenters. The lowest BCUT2D eigenvalue weighted by Crippen LogP contribution is -2.44. The first-order valence-corrected chi connectivity index (χ1v) is 54.5. The van der Waals surface area contributed by atoms with Crippen LogP contribution in [0.2, 0.25) is 0 Å². The summed E-state index contributed by atoms with van der Waals surface area (Å²) in [5.41, 5.74) is -0.625. The minimum absolute atomic E-state index is 0.00796. The summed E-state index contributed by atoms with van der Waals surface area (Å²) in [7, 11) is 14.3. The van der Waals surface area contributed by atoms with Gasteiger partial charge in [-0.1, -0.05) is 273 Å². The van der Waals surface area contributed by atoms with Crippen LogP contribution in [0.15, 0.2) is 158 Å². The lowest BCUT2D eigenvalue weighted by atomic mass is 9.99. The molecule has 0 bridgehead atoms. The molecule has 6 aliphatic heterocycles. The van der Waals surface area contributed by atoms with Gasteiger partial charge in [-0.15, -0.1) is 0 Å². The fourth-order valence-electron chi connectivity index (χ4n) is 12.4. The fourth-order valence-corrected chi connectivity index (χ4v) is 12.4. The van der Waals surface area contributed by atoms with Crippen LogP contribution in [-0.4, -0.2) is 310 Å². The van der Waals surface area contributed by atoms with Crippen LogP contribution >= 0.6 is 0 Å². The summed E-state index contributed by atoms with van der Waals surface area (Å²) in [4.78, 5) is 164. The summed E-state index contributed by atoms with van der Waals surface area (Å²) in [6.07, 6.45) is 50.4. The molecule has 6 fully saturated rings. The number of aliphatic hydroxyl groups is 1. The van der Waals surface area contributed by atoms with Gasteiger partial charge in [0.15, 0.2) is 81.0 Å². The number of allylic oxidation sites excluding steroid dienone is 16. The zero-order valence-corrected chi connectivity index (χ0v) is 100. The number of piperazine rings is 1. The van der Waals surface area contributed by atoms with E-state index in [0.717, 1.165) is 91.0 Å². The topological polar surface area (TPSA) is 295 Å². The van der Waals surface area contributed by atoms with Gasteiger partial charge in [0.05, 0.1) is 11.2 Å². The molecule has 0 aromatic heterocycles. The number of rotatable bonds is 41. The molecular formula is C123H213FN10O14. The second-order valence-corrected chi connectivity index (χ2v) is 43.8. The van der Waals surface area contributed by atoms with E-state index in [1.807, 2.05) is 246 Å². The SMILES string of the molecule is C/C=C(\C#N)C(=O)C(C)C.C/C=C(\F)C(=O)C(C)C.C/C=C/C(=O)C(C)C.C=CC(=O)C(C)C.CC(C)C(=O)/C=C/C(C)(C)O.CC(C)C(=O)/C=C/C1CCCN1C.CC(C)C(=O)/C=C/C1CN(C)C1.CC(C)C(=O)/C=C/CN(C)C.CC(C)C(=O)/C=C/CN1CCCCC1.CC(C)C(=O)/C=C/CN1CCCCC1.CC(C)C(=O)/C=C/CN1CCN(C)CC1.CC(C)C(=O)/C=C\CN(C)C.CC1CN(C/C=C/C(=O)C(C)C)C1. The minimum atomic E-state index is -0.884.